The second-order valence-corrected chi connectivity index (χ2v) is 8.35. The molecule has 0 heterocycles. The number of nitrogens with zero attached hydrogens (tertiary/aromatic N) is 1. The molecular formula is C21H26N2O5S. The van der Waals surface area contributed by atoms with Crippen molar-refractivity contribution < 1.29 is 22.7 Å². The Hall–Kier alpha value is -2.87. The van der Waals surface area contributed by atoms with Gasteiger partial charge in [0.05, 0.1) is 16.1 Å². The summed E-state index contributed by atoms with van der Waals surface area (Å²) in [6, 6.07) is 14.3. The number of ether oxygens (including phenoxy) is 1. The summed E-state index contributed by atoms with van der Waals surface area (Å²) in [5.41, 5.74) is 0.594. The molecule has 7 nitrogen and oxygen atoms in total. The molecule has 0 bridgehead atoms. The van der Waals surface area contributed by atoms with Crippen molar-refractivity contribution in [2.24, 2.45) is 0 Å². The monoisotopic (exact) mass is 418 g/mol. The van der Waals surface area contributed by atoms with Gasteiger partial charge in [0.15, 0.2) is 6.61 Å². The first kappa shape index (κ1) is 22.4. The van der Waals surface area contributed by atoms with Gasteiger partial charge in [-0.3, -0.25) is 9.10 Å². The van der Waals surface area contributed by atoms with Crippen LogP contribution in [0.1, 0.15) is 37.6 Å². The van der Waals surface area contributed by atoms with Crippen molar-refractivity contribution in [3.8, 4) is 0 Å². The quantitative estimate of drug-likeness (QED) is 0.632. The minimum absolute atomic E-state index is 0.0207. The lowest BCUT2D eigenvalue weighted by molar-refractivity contribution is -0.124. The van der Waals surface area contributed by atoms with E-state index in [-0.39, 0.29) is 23.0 Å². The summed E-state index contributed by atoms with van der Waals surface area (Å²) in [7, 11) is -3.86. The van der Waals surface area contributed by atoms with Gasteiger partial charge in [0, 0.05) is 12.6 Å². The molecule has 0 aliphatic heterocycles. The van der Waals surface area contributed by atoms with Crippen molar-refractivity contribution in [1.29, 1.82) is 0 Å². The van der Waals surface area contributed by atoms with E-state index in [9.17, 15) is 18.0 Å². The van der Waals surface area contributed by atoms with Crippen LogP contribution in [0, 0.1) is 0 Å². The molecular weight excluding hydrogens is 392 g/mol. The highest BCUT2D eigenvalue weighted by atomic mass is 32.2. The fourth-order valence-electron chi connectivity index (χ4n) is 2.63. The molecule has 0 unspecified atom stereocenters. The zero-order valence-electron chi connectivity index (χ0n) is 16.8. The van der Waals surface area contributed by atoms with E-state index in [0.29, 0.717) is 5.69 Å². The van der Waals surface area contributed by atoms with E-state index in [1.165, 1.54) is 28.6 Å². The Labute approximate surface area is 171 Å². The molecule has 156 valence electrons. The first-order chi connectivity index (χ1) is 13.8. The molecule has 8 heteroatoms. The number of rotatable bonds is 9. The average Bonchev–Trinajstić information content (AvgIpc) is 2.73. The van der Waals surface area contributed by atoms with Crippen LogP contribution >= 0.6 is 0 Å². The summed E-state index contributed by atoms with van der Waals surface area (Å²) in [4.78, 5) is 24.0. The molecule has 2 aromatic carbocycles. The van der Waals surface area contributed by atoms with E-state index in [1.807, 2.05) is 13.8 Å². The topological polar surface area (TPSA) is 92.8 Å². The number of sulfonamides is 1. The number of nitrogens with one attached hydrogen (secondary N) is 1. The van der Waals surface area contributed by atoms with Crippen molar-refractivity contribution in [3.05, 3.63) is 60.2 Å². The van der Waals surface area contributed by atoms with Crippen molar-refractivity contribution in [2.45, 2.75) is 38.1 Å². The Kier molecular flexibility index (Phi) is 7.78. The smallest absolute Gasteiger partial charge is 0.338 e. The fraction of sp³-hybridized carbons (Fsp3) is 0.333. The SMILES string of the molecule is CC[C@H](C)NC(=O)COC(=O)c1cccc(S(=O)(=O)N(CC)c2ccccc2)c1. The first-order valence-corrected chi connectivity index (χ1v) is 10.9. The summed E-state index contributed by atoms with van der Waals surface area (Å²) >= 11 is 0. The van der Waals surface area contributed by atoms with Crippen LogP contribution in [0.4, 0.5) is 5.69 Å². The maximum atomic E-state index is 13.1. The van der Waals surface area contributed by atoms with Crippen LogP contribution in [0.25, 0.3) is 0 Å². The molecule has 1 amide bonds. The molecule has 0 aliphatic carbocycles. The third kappa shape index (κ3) is 5.80. The van der Waals surface area contributed by atoms with Gasteiger partial charge in [0.1, 0.15) is 0 Å². The maximum Gasteiger partial charge on any atom is 0.338 e. The highest BCUT2D eigenvalue weighted by molar-refractivity contribution is 7.92. The number of benzene rings is 2. The van der Waals surface area contributed by atoms with Crippen LogP contribution in [0.3, 0.4) is 0 Å². The predicted molar refractivity (Wildman–Crippen MR) is 111 cm³/mol. The van der Waals surface area contributed by atoms with Gasteiger partial charge >= 0.3 is 5.97 Å². The molecule has 0 radical (unpaired) electrons. The van der Waals surface area contributed by atoms with Crippen LogP contribution in [0.2, 0.25) is 0 Å². The van der Waals surface area contributed by atoms with Crippen molar-refractivity contribution in [1.82, 2.24) is 5.32 Å². The van der Waals surface area contributed by atoms with Crippen LogP contribution in [0.15, 0.2) is 59.5 Å². The number of carbonyl (C=O) groups excluding carboxylic acids is 2. The largest absolute Gasteiger partial charge is 0.452 e. The molecule has 29 heavy (non-hydrogen) atoms. The van der Waals surface area contributed by atoms with Gasteiger partial charge in [-0.2, -0.15) is 0 Å². The lowest BCUT2D eigenvalue weighted by atomic mass is 10.2. The first-order valence-electron chi connectivity index (χ1n) is 9.44. The average molecular weight is 419 g/mol. The van der Waals surface area contributed by atoms with Crippen molar-refractivity contribution in [3.63, 3.8) is 0 Å². The Bertz CT molecular complexity index is 945. The minimum Gasteiger partial charge on any atom is -0.452 e. The zero-order valence-corrected chi connectivity index (χ0v) is 17.6. The van der Waals surface area contributed by atoms with Crippen molar-refractivity contribution in [2.75, 3.05) is 17.5 Å². The van der Waals surface area contributed by atoms with Gasteiger partial charge in [0.2, 0.25) is 0 Å². The highest BCUT2D eigenvalue weighted by Gasteiger charge is 2.24. The molecule has 1 N–H and O–H groups in total. The number of esters is 1. The summed E-state index contributed by atoms with van der Waals surface area (Å²) in [5, 5.41) is 2.69. The Balaban J connectivity index is 2.17. The molecule has 2 aromatic rings. The number of hydrogen-bond donors (Lipinski definition) is 1. The molecule has 0 saturated carbocycles. The summed E-state index contributed by atoms with van der Waals surface area (Å²) in [6.07, 6.45) is 0.759. The maximum absolute atomic E-state index is 13.1. The van der Waals surface area contributed by atoms with E-state index in [0.717, 1.165) is 6.42 Å². The summed E-state index contributed by atoms with van der Waals surface area (Å²) < 4.78 is 32.4. The third-order valence-corrected chi connectivity index (χ3v) is 6.24. The van der Waals surface area contributed by atoms with Gasteiger partial charge < -0.3 is 10.1 Å². The molecule has 0 spiro atoms. The van der Waals surface area contributed by atoms with E-state index in [4.69, 9.17) is 4.74 Å². The second kappa shape index (κ2) is 10.1. The molecule has 0 aromatic heterocycles. The zero-order chi connectivity index (χ0) is 21.4. The summed E-state index contributed by atoms with van der Waals surface area (Å²) in [6.45, 7) is 5.32. The van der Waals surface area contributed by atoms with Gasteiger partial charge in [-0.1, -0.05) is 31.2 Å². The van der Waals surface area contributed by atoms with E-state index in [1.54, 1.807) is 37.3 Å². The summed E-state index contributed by atoms with van der Waals surface area (Å²) in [5.74, 6) is -1.16. The van der Waals surface area contributed by atoms with Gasteiger partial charge in [0.25, 0.3) is 15.9 Å². The lowest BCUT2D eigenvalue weighted by Crippen LogP contribution is -2.35. The van der Waals surface area contributed by atoms with Gasteiger partial charge in [-0.25, -0.2) is 13.2 Å². The number of amides is 1. The molecule has 0 saturated heterocycles. The van der Waals surface area contributed by atoms with Crippen LogP contribution < -0.4 is 9.62 Å². The van der Waals surface area contributed by atoms with Crippen molar-refractivity contribution >= 4 is 27.6 Å². The van der Waals surface area contributed by atoms with E-state index < -0.39 is 28.5 Å². The number of anilines is 1. The second-order valence-electron chi connectivity index (χ2n) is 6.49. The number of carbonyl (C=O) groups is 2. The minimum atomic E-state index is -3.86. The Morgan fingerprint density at radius 1 is 1.07 bits per heavy atom. The third-order valence-electron chi connectivity index (χ3n) is 4.34. The van der Waals surface area contributed by atoms with Crippen LogP contribution in [-0.4, -0.2) is 39.5 Å². The predicted octanol–water partition coefficient (Wildman–Crippen LogP) is 2.97. The molecule has 2 rings (SSSR count). The Morgan fingerprint density at radius 2 is 1.76 bits per heavy atom. The fourth-order valence-corrected chi connectivity index (χ4v) is 4.15. The van der Waals surface area contributed by atoms with E-state index >= 15 is 0 Å². The lowest BCUT2D eigenvalue weighted by Gasteiger charge is -2.23. The van der Waals surface area contributed by atoms with Gasteiger partial charge in [-0.15, -0.1) is 0 Å². The van der Waals surface area contributed by atoms with Crippen LogP contribution in [-0.2, 0) is 19.6 Å². The highest BCUT2D eigenvalue weighted by Crippen LogP contribution is 2.24. The van der Waals surface area contributed by atoms with Gasteiger partial charge in [-0.05, 0) is 50.6 Å². The normalized spacial score (nSPS) is 12.1. The molecule has 1 atom stereocenters. The Morgan fingerprint density at radius 3 is 2.38 bits per heavy atom. The number of para-hydroxylation sites is 1. The molecule has 0 aliphatic rings. The van der Waals surface area contributed by atoms with E-state index in [2.05, 4.69) is 5.32 Å². The standard InChI is InChI=1S/C21H26N2O5S/c1-4-16(3)22-20(24)15-28-21(25)17-10-9-13-19(14-17)29(26,27)23(5-2)18-11-7-6-8-12-18/h6-14,16H,4-5,15H2,1-3H3,(H,22,24)/t16-/m0/s1. The number of hydrogen-bond acceptors (Lipinski definition) is 5. The molecule has 0 fully saturated rings. The van der Waals surface area contributed by atoms with Crippen LogP contribution in [0.5, 0.6) is 0 Å².